The fourth-order valence-corrected chi connectivity index (χ4v) is 9.78. The van der Waals surface area contributed by atoms with E-state index >= 15 is 4.79 Å². The fraction of sp³-hybridized carbons (Fsp3) is 0.210. The Morgan fingerprint density at radius 1 is 0.349 bits per heavy atom. The van der Waals surface area contributed by atoms with Crippen molar-refractivity contribution in [1.82, 2.24) is 0 Å². The quantitative estimate of drug-likeness (QED) is 0.107. The summed E-state index contributed by atoms with van der Waals surface area (Å²) in [5, 5.41) is 0. The minimum Gasteiger partial charge on any atom is -0.289 e. The van der Waals surface area contributed by atoms with Crippen LogP contribution in [0.3, 0.4) is 0 Å². The number of fused-ring (bicyclic) bond motifs is 2. The van der Waals surface area contributed by atoms with E-state index in [1.54, 1.807) is 0 Å². The van der Waals surface area contributed by atoms with Gasteiger partial charge in [-0.05, 0) is 164 Å². The topological polar surface area (TPSA) is 17.1 Å². The van der Waals surface area contributed by atoms with Crippen LogP contribution in [0.2, 0.25) is 0 Å². The normalized spacial score (nSPS) is 13.8. The van der Waals surface area contributed by atoms with Crippen LogP contribution >= 0.6 is 0 Å². The van der Waals surface area contributed by atoms with Gasteiger partial charge in [0.25, 0.3) is 0 Å². The summed E-state index contributed by atoms with van der Waals surface area (Å²) in [6.45, 7) is 9.39. The number of hydrogen-bond acceptors (Lipinski definition) is 1. The molecule has 0 fully saturated rings. The average Bonchev–Trinajstić information content (AvgIpc) is 3.36. The number of ketones is 1. The van der Waals surface area contributed by atoms with Gasteiger partial charge in [-0.1, -0.05) is 186 Å². The lowest BCUT2D eigenvalue weighted by molar-refractivity contribution is 0.102. The molecule has 0 aliphatic heterocycles. The van der Waals surface area contributed by atoms with E-state index in [9.17, 15) is 0 Å². The molecule has 0 aromatic heterocycles. The molecule has 1 nitrogen and oxygen atoms in total. The molecular weight excluding hydrogens is 761 g/mol. The number of carbonyl (C=O) groups is 1. The molecular formula is C62H58O. The van der Waals surface area contributed by atoms with Gasteiger partial charge in [0.2, 0.25) is 0 Å². The van der Waals surface area contributed by atoms with Crippen molar-refractivity contribution in [1.29, 1.82) is 0 Å². The molecule has 1 aliphatic rings. The van der Waals surface area contributed by atoms with E-state index in [4.69, 9.17) is 0 Å². The van der Waals surface area contributed by atoms with Gasteiger partial charge in [-0.15, -0.1) is 0 Å². The molecule has 8 aromatic carbocycles. The van der Waals surface area contributed by atoms with Crippen LogP contribution < -0.4 is 0 Å². The Hall–Kier alpha value is -6.57. The van der Waals surface area contributed by atoms with Crippen molar-refractivity contribution in [3.63, 3.8) is 0 Å². The molecule has 1 heteroatoms. The first-order valence-corrected chi connectivity index (χ1v) is 23.2. The number of hydrogen-bond donors (Lipinski definition) is 0. The highest BCUT2D eigenvalue weighted by Gasteiger charge is 2.43. The van der Waals surface area contributed by atoms with Crippen molar-refractivity contribution in [3.8, 4) is 66.8 Å². The summed E-state index contributed by atoms with van der Waals surface area (Å²) in [7, 11) is 0. The van der Waals surface area contributed by atoms with E-state index < -0.39 is 0 Å². The first-order chi connectivity index (χ1) is 30.8. The SMILES string of the molecule is CCC(C)CCC1(CCC(C)CC)c2ccc(-c3cc(-c4ccccc4)cc(-c4ccccc4)c3)cc2C(=O)c2cc(-c3cc(-c4ccccc4)cc(-c4ccccc4)c3)ccc21. The molecule has 63 heavy (non-hydrogen) atoms. The van der Waals surface area contributed by atoms with Gasteiger partial charge in [-0.25, -0.2) is 0 Å². The maximum Gasteiger partial charge on any atom is 0.193 e. The monoisotopic (exact) mass is 818 g/mol. The van der Waals surface area contributed by atoms with Crippen molar-refractivity contribution in [2.75, 3.05) is 0 Å². The van der Waals surface area contributed by atoms with Crippen molar-refractivity contribution >= 4 is 5.78 Å². The number of carbonyl (C=O) groups excluding carboxylic acids is 1. The van der Waals surface area contributed by atoms with Gasteiger partial charge in [0.1, 0.15) is 0 Å². The molecule has 0 N–H and O–H groups in total. The smallest absolute Gasteiger partial charge is 0.193 e. The van der Waals surface area contributed by atoms with Crippen LogP contribution in [0.1, 0.15) is 93.3 Å². The van der Waals surface area contributed by atoms with Crippen LogP contribution in [0.25, 0.3) is 66.8 Å². The second kappa shape index (κ2) is 18.4. The molecule has 0 amide bonds. The van der Waals surface area contributed by atoms with Gasteiger partial charge < -0.3 is 0 Å². The lowest BCUT2D eigenvalue weighted by Crippen LogP contribution is -2.37. The predicted octanol–water partition coefficient (Wildman–Crippen LogP) is 17.2. The zero-order valence-electron chi connectivity index (χ0n) is 37.3. The van der Waals surface area contributed by atoms with Crippen LogP contribution in [0, 0.1) is 11.8 Å². The van der Waals surface area contributed by atoms with Gasteiger partial charge >= 0.3 is 0 Å². The minimum atomic E-state index is -0.287. The van der Waals surface area contributed by atoms with E-state index in [-0.39, 0.29) is 11.2 Å². The molecule has 0 radical (unpaired) electrons. The molecule has 312 valence electrons. The summed E-state index contributed by atoms with van der Waals surface area (Å²) < 4.78 is 0. The van der Waals surface area contributed by atoms with Gasteiger partial charge in [0.05, 0.1) is 0 Å². The maximum atomic E-state index is 15.5. The minimum absolute atomic E-state index is 0.122. The van der Waals surface area contributed by atoms with Crippen molar-refractivity contribution in [2.45, 2.75) is 71.6 Å². The second-order valence-corrected chi connectivity index (χ2v) is 18.1. The lowest BCUT2D eigenvalue weighted by Gasteiger charge is -2.42. The van der Waals surface area contributed by atoms with Crippen LogP contribution in [0.4, 0.5) is 0 Å². The molecule has 0 heterocycles. The van der Waals surface area contributed by atoms with E-state index in [0.29, 0.717) is 11.8 Å². The summed E-state index contributed by atoms with van der Waals surface area (Å²) in [5.41, 5.74) is 17.5. The summed E-state index contributed by atoms with van der Waals surface area (Å²) in [5.74, 6) is 1.29. The molecule has 0 bridgehead atoms. The predicted molar refractivity (Wildman–Crippen MR) is 267 cm³/mol. The van der Waals surface area contributed by atoms with Crippen molar-refractivity contribution < 1.29 is 4.79 Å². The Morgan fingerprint density at radius 2 is 0.635 bits per heavy atom. The summed E-state index contributed by atoms with van der Waals surface area (Å²) in [6.07, 6.45) is 6.50. The molecule has 0 saturated heterocycles. The molecule has 9 rings (SSSR count). The molecule has 1 aliphatic carbocycles. The van der Waals surface area contributed by atoms with Gasteiger partial charge in [-0.2, -0.15) is 0 Å². The summed E-state index contributed by atoms with van der Waals surface area (Å²) in [6, 6.07) is 70.1. The highest BCUT2D eigenvalue weighted by atomic mass is 16.1. The van der Waals surface area contributed by atoms with Crippen LogP contribution in [-0.4, -0.2) is 5.78 Å². The Morgan fingerprint density at radius 3 is 0.921 bits per heavy atom. The van der Waals surface area contributed by atoms with Crippen LogP contribution in [-0.2, 0) is 5.41 Å². The summed E-state index contributed by atoms with van der Waals surface area (Å²) >= 11 is 0. The molecule has 2 atom stereocenters. The maximum absolute atomic E-state index is 15.5. The molecule has 0 saturated carbocycles. The Bertz CT molecular complexity index is 2530. The van der Waals surface area contributed by atoms with Crippen LogP contribution in [0.5, 0.6) is 0 Å². The highest BCUT2D eigenvalue weighted by molar-refractivity contribution is 6.14. The number of benzene rings is 8. The third-order valence-corrected chi connectivity index (χ3v) is 14.0. The molecule has 8 aromatic rings. The molecule has 2 unspecified atom stereocenters. The van der Waals surface area contributed by atoms with Gasteiger partial charge in [-0.3, -0.25) is 4.79 Å². The third kappa shape index (κ3) is 8.63. The molecule has 0 spiro atoms. The number of rotatable bonds is 14. The standard InChI is InChI=1S/C62H58O/c1-5-43(3)31-33-62(34-32-44(4)6-2)59-29-27-49(55-37-51(45-19-11-7-12-20-45)35-52(38-55)46-21-13-8-14-22-46)41-57(59)61(63)58-42-50(28-30-60(58)62)56-39-53(47-23-15-9-16-24-47)36-54(40-56)48-25-17-10-18-26-48/h7-30,35-44H,5-6,31-34H2,1-4H3. The first kappa shape index (κ1) is 41.8. The van der Waals surface area contributed by atoms with Crippen molar-refractivity contribution in [3.05, 3.63) is 216 Å². The first-order valence-electron chi connectivity index (χ1n) is 23.2. The van der Waals surface area contributed by atoms with E-state index in [0.717, 1.165) is 94.2 Å². The zero-order valence-corrected chi connectivity index (χ0v) is 37.3. The largest absolute Gasteiger partial charge is 0.289 e. The van der Waals surface area contributed by atoms with Crippen molar-refractivity contribution in [2.24, 2.45) is 11.8 Å². The fourth-order valence-electron chi connectivity index (χ4n) is 9.78. The summed E-state index contributed by atoms with van der Waals surface area (Å²) in [4.78, 5) is 15.5. The Labute approximate surface area is 375 Å². The van der Waals surface area contributed by atoms with Gasteiger partial charge in [0.15, 0.2) is 5.78 Å². The Kier molecular flexibility index (Phi) is 12.2. The zero-order chi connectivity index (χ0) is 43.3. The lowest BCUT2D eigenvalue weighted by atomic mass is 9.60. The highest BCUT2D eigenvalue weighted by Crippen LogP contribution is 2.51. The Balaban J connectivity index is 1.24. The van der Waals surface area contributed by atoms with E-state index in [1.807, 2.05) is 0 Å². The third-order valence-electron chi connectivity index (χ3n) is 14.0. The van der Waals surface area contributed by atoms with E-state index in [1.165, 1.54) is 33.4 Å². The average molecular weight is 819 g/mol. The van der Waals surface area contributed by atoms with Crippen LogP contribution in [0.15, 0.2) is 194 Å². The van der Waals surface area contributed by atoms with E-state index in [2.05, 4.69) is 222 Å². The second-order valence-electron chi connectivity index (χ2n) is 18.1. The van der Waals surface area contributed by atoms with Gasteiger partial charge in [0, 0.05) is 16.5 Å².